The molecule has 2 N–H and O–H groups in total. The van der Waals surface area contributed by atoms with E-state index >= 15 is 0 Å². The van der Waals surface area contributed by atoms with Gasteiger partial charge in [0.15, 0.2) is 0 Å². The minimum absolute atomic E-state index is 0.134. The lowest BCUT2D eigenvalue weighted by Gasteiger charge is -2.14. The molecular formula is C14H15Cl2N3O2. The highest BCUT2D eigenvalue weighted by Gasteiger charge is 2.08. The van der Waals surface area contributed by atoms with E-state index in [4.69, 9.17) is 27.9 Å². The Morgan fingerprint density at radius 1 is 1.29 bits per heavy atom. The molecule has 0 radical (unpaired) electrons. The van der Waals surface area contributed by atoms with Crippen LogP contribution in [0.25, 0.3) is 0 Å². The fourth-order valence-corrected chi connectivity index (χ4v) is 2.09. The number of aliphatic hydroxyl groups excluding tert-OH is 1. The first-order valence-electron chi connectivity index (χ1n) is 6.38. The SMILES string of the molecule is OC(CNCc1cccnn1)COc1ccc(Cl)cc1Cl. The number of aromatic nitrogens is 2. The number of halogens is 2. The van der Waals surface area contributed by atoms with Gasteiger partial charge in [-0.2, -0.15) is 10.2 Å². The van der Waals surface area contributed by atoms with E-state index in [1.807, 2.05) is 12.1 Å². The molecule has 7 heteroatoms. The first kappa shape index (κ1) is 16.0. The van der Waals surface area contributed by atoms with Gasteiger partial charge in [-0.15, -0.1) is 0 Å². The summed E-state index contributed by atoms with van der Waals surface area (Å²) in [5.74, 6) is 0.494. The molecule has 0 aliphatic rings. The van der Waals surface area contributed by atoms with Gasteiger partial charge in [-0.1, -0.05) is 23.2 Å². The molecule has 1 aromatic carbocycles. The molecule has 0 fully saturated rings. The van der Waals surface area contributed by atoms with Crippen LogP contribution in [0.1, 0.15) is 5.69 Å². The van der Waals surface area contributed by atoms with Crippen LogP contribution < -0.4 is 10.1 Å². The summed E-state index contributed by atoms with van der Waals surface area (Å²) in [5.41, 5.74) is 0.811. The van der Waals surface area contributed by atoms with E-state index in [-0.39, 0.29) is 6.61 Å². The Labute approximate surface area is 132 Å². The molecule has 5 nitrogen and oxygen atoms in total. The number of ether oxygens (including phenoxy) is 1. The fourth-order valence-electron chi connectivity index (χ4n) is 1.63. The molecule has 0 bridgehead atoms. The first-order valence-corrected chi connectivity index (χ1v) is 7.14. The topological polar surface area (TPSA) is 67.3 Å². The molecule has 0 saturated carbocycles. The second-order valence-electron chi connectivity index (χ2n) is 4.39. The Bertz CT molecular complexity index is 569. The van der Waals surface area contributed by atoms with Crippen LogP contribution in [0, 0.1) is 0 Å². The predicted octanol–water partition coefficient (Wildman–Crippen LogP) is 2.31. The maximum atomic E-state index is 9.84. The molecule has 2 rings (SSSR count). The number of nitrogens with zero attached hydrogens (tertiary/aromatic N) is 2. The van der Waals surface area contributed by atoms with Crippen molar-refractivity contribution >= 4 is 23.2 Å². The van der Waals surface area contributed by atoms with Crippen molar-refractivity contribution in [3.8, 4) is 5.75 Å². The number of hydrogen-bond acceptors (Lipinski definition) is 5. The largest absolute Gasteiger partial charge is 0.489 e. The van der Waals surface area contributed by atoms with Crippen molar-refractivity contribution in [2.24, 2.45) is 0 Å². The first-order chi connectivity index (χ1) is 10.1. The normalized spacial score (nSPS) is 12.1. The van der Waals surface area contributed by atoms with Crippen LogP contribution in [0.3, 0.4) is 0 Å². The minimum atomic E-state index is -0.659. The van der Waals surface area contributed by atoms with E-state index in [0.29, 0.717) is 28.9 Å². The molecular weight excluding hydrogens is 313 g/mol. The molecule has 1 unspecified atom stereocenters. The van der Waals surface area contributed by atoms with Crippen molar-refractivity contribution in [3.63, 3.8) is 0 Å². The Hall–Kier alpha value is -1.40. The Morgan fingerprint density at radius 2 is 2.14 bits per heavy atom. The highest BCUT2D eigenvalue weighted by molar-refractivity contribution is 6.35. The number of rotatable bonds is 7. The second kappa shape index (κ2) is 8.14. The molecule has 21 heavy (non-hydrogen) atoms. The average Bonchev–Trinajstić information content (AvgIpc) is 2.47. The van der Waals surface area contributed by atoms with Crippen LogP contribution in [0.4, 0.5) is 0 Å². The van der Waals surface area contributed by atoms with Crippen molar-refractivity contribution in [3.05, 3.63) is 52.3 Å². The van der Waals surface area contributed by atoms with Gasteiger partial charge in [0, 0.05) is 24.3 Å². The van der Waals surface area contributed by atoms with Gasteiger partial charge in [-0.3, -0.25) is 0 Å². The van der Waals surface area contributed by atoms with E-state index in [0.717, 1.165) is 5.69 Å². The number of benzene rings is 1. The van der Waals surface area contributed by atoms with Gasteiger partial charge < -0.3 is 15.2 Å². The van der Waals surface area contributed by atoms with Gasteiger partial charge >= 0.3 is 0 Å². The molecule has 2 aromatic rings. The van der Waals surface area contributed by atoms with Gasteiger partial charge in [0.25, 0.3) is 0 Å². The van der Waals surface area contributed by atoms with Gasteiger partial charge in [0.1, 0.15) is 18.5 Å². The summed E-state index contributed by atoms with van der Waals surface area (Å²) in [6.45, 7) is 1.04. The molecule has 112 valence electrons. The third-order valence-electron chi connectivity index (χ3n) is 2.64. The van der Waals surface area contributed by atoms with Crippen LogP contribution in [0.15, 0.2) is 36.5 Å². The highest BCUT2D eigenvalue weighted by atomic mass is 35.5. The summed E-state index contributed by atoms with van der Waals surface area (Å²) in [5, 5.41) is 21.6. The summed E-state index contributed by atoms with van der Waals surface area (Å²) in [6.07, 6.45) is 0.954. The predicted molar refractivity (Wildman–Crippen MR) is 81.7 cm³/mol. The van der Waals surface area contributed by atoms with Gasteiger partial charge in [0.05, 0.1) is 10.7 Å². The van der Waals surface area contributed by atoms with Crippen molar-refractivity contribution in [2.75, 3.05) is 13.2 Å². The van der Waals surface area contributed by atoms with E-state index in [2.05, 4.69) is 15.5 Å². The van der Waals surface area contributed by atoms with Crippen molar-refractivity contribution < 1.29 is 9.84 Å². The molecule has 0 spiro atoms. The molecule has 0 aliphatic heterocycles. The molecule has 0 amide bonds. The van der Waals surface area contributed by atoms with E-state index in [1.165, 1.54) is 0 Å². The fraction of sp³-hybridized carbons (Fsp3) is 0.286. The van der Waals surface area contributed by atoms with Gasteiger partial charge in [0.2, 0.25) is 0 Å². The standard InChI is InChI=1S/C14H15Cl2N3O2/c15-10-3-4-14(13(16)6-10)21-9-12(20)8-17-7-11-2-1-5-18-19-11/h1-6,12,17,20H,7-9H2. The Balaban J connectivity index is 1.71. The monoisotopic (exact) mass is 327 g/mol. The third kappa shape index (κ3) is 5.47. The lowest BCUT2D eigenvalue weighted by molar-refractivity contribution is 0.106. The zero-order valence-electron chi connectivity index (χ0n) is 11.2. The summed E-state index contributed by atoms with van der Waals surface area (Å²) < 4.78 is 5.45. The zero-order chi connectivity index (χ0) is 15.1. The van der Waals surface area contributed by atoms with Crippen LogP contribution >= 0.6 is 23.2 Å². The third-order valence-corrected chi connectivity index (χ3v) is 3.17. The van der Waals surface area contributed by atoms with E-state index in [1.54, 1.807) is 24.4 Å². The smallest absolute Gasteiger partial charge is 0.138 e. The van der Waals surface area contributed by atoms with Crippen molar-refractivity contribution in [1.82, 2.24) is 15.5 Å². The van der Waals surface area contributed by atoms with Crippen LogP contribution in [0.2, 0.25) is 10.0 Å². The second-order valence-corrected chi connectivity index (χ2v) is 5.23. The lowest BCUT2D eigenvalue weighted by Crippen LogP contribution is -2.31. The molecule has 1 atom stereocenters. The maximum Gasteiger partial charge on any atom is 0.138 e. The Kier molecular flexibility index (Phi) is 6.20. The maximum absolute atomic E-state index is 9.84. The van der Waals surface area contributed by atoms with Gasteiger partial charge in [-0.25, -0.2) is 0 Å². The summed E-state index contributed by atoms with van der Waals surface area (Å²) in [6, 6.07) is 8.62. The molecule has 1 heterocycles. The van der Waals surface area contributed by atoms with E-state index in [9.17, 15) is 5.11 Å². The van der Waals surface area contributed by atoms with Gasteiger partial charge in [-0.05, 0) is 30.3 Å². The quantitative estimate of drug-likeness (QED) is 0.816. The van der Waals surface area contributed by atoms with Crippen LogP contribution in [0.5, 0.6) is 5.75 Å². The Morgan fingerprint density at radius 3 is 2.86 bits per heavy atom. The highest BCUT2D eigenvalue weighted by Crippen LogP contribution is 2.27. The molecule has 0 aliphatic carbocycles. The summed E-state index contributed by atoms with van der Waals surface area (Å²) in [4.78, 5) is 0. The molecule has 0 saturated heterocycles. The summed E-state index contributed by atoms with van der Waals surface area (Å²) in [7, 11) is 0. The zero-order valence-corrected chi connectivity index (χ0v) is 12.7. The lowest BCUT2D eigenvalue weighted by atomic mass is 10.3. The van der Waals surface area contributed by atoms with Crippen LogP contribution in [-0.2, 0) is 6.54 Å². The van der Waals surface area contributed by atoms with E-state index < -0.39 is 6.10 Å². The average molecular weight is 328 g/mol. The number of nitrogens with one attached hydrogen (secondary N) is 1. The van der Waals surface area contributed by atoms with Crippen molar-refractivity contribution in [1.29, 1.82) is 0 Å². The number of aliphatic hydroxyl groups is 1. The molecule has 1 aromatic heterocycles. The van der Waals surface area contributed by atoms with Crippen molar-refractivity contribution in [2.45, 2.75) is 12.6 Å². The number of hydrogen-bond donors (Lipinski definition) is 2. The summed E-state index contributed by atoms with van der Waals surface area (Å²) >= 11 is 11.8. The van der Waals surface area contributed by atoms with Crippen LogP contribution in [-0.4, -0.2) is 34.6 Å². The minimum Gasteiger partial charge on any atom is -0.489 e.